The molecule has 21 heavy (non-hydrogen) atoms. The van der Waals surface area contributed by atoms with Gasteiger partial charge in [-0.25, -0.2) is 4.98 Å². The van der Waals surface area contributed by atoms with Crippen LogP contribution in [0.2, 0.25) is 0 Å². The summed E-state index contributed by atoms with van der Waals surface area (Å²) in [6, 6.07) is 6.12. The number of pyridine rings is 1. The van der Waals surface area contributed by atoms with Crippen LogP contribution in [0.3, 0.4) is 0 Å². The summed E-state index contributed by atoms with van der Waals surface area (Å²) in [7, 11) is 2.21. The number of fused-ring (bicyclic) bond motifs is 1. The Hall–Kier alpha value is -1.39. The molecule has 1 fully saturated rings. The maximum Gasteiger partial charge on any atom is 0.137 e. The van der Waals surface area contributed by atoms with E-state index in [1.165, 1.54) is 38.5 Å². The molecule has 0 aliphatic heterocycles. The van der Waals surface area contributed by atoms with Crippen molar-refractivity contribution in [3.8, 4) is 0 Å². The summed E-state index contributed by atoms with van der Waals surface area (Å²) in [4.78, 5) is 7.16. The predicted octanol–water partition coefficient (Wildman–Crippen LogP) is 2.82. The van der Waals surface area contributed by atoms with Crippen molar-refractivity contribution in [2.24, 2.45) is 5.73 Å². The minimum Gasteiger partial charge on any atom is -0.329 e. The molecule has 0 saturated heterocycles. The average Bonchev–Trinajstić information content (AvgIpc) is 2.74. The van der Waals surface area contributed by atoms with Crippen LogP contribution in [0.4, 0.5) is 0 Å². The van der Waals surface area contributed by atoms with Gasteiger partial charge in [-0.2, -0.15) is 0 Å². The monoisotopic (exact) mass is 286 g/mol. The molecule has 0 unspecified atom stereocenters. The van der Waals surface area contributed by atoms with E-state index in [9.17, 15) is 0 Å². The Labute approximate surface area is 127 Å². The normalized spacial score (nSPS) is 19.0. The molecule has 1 aliphatic carbocycles. The molecule has 2 aromatic rings. The van der Waals surface area contributed by atoms with E-state index in [2.05, 4.69) is 28.7 Å². The molecule has 0 aromatic carbocycles. The lowest BCUT2D eigenvalue weighted by molar-refractivity contribution is 0.0985. The molecule has 0 bridgehead atoms. The fourth-order valence-electron chi connectivity index (χ4n) is 3.60. The highest BCUT2D eigenvalue weighted by atomic mass is 15.2. The third-order valence-electron chi connectivity index (χ3n) is 5.04. The topological polar surface area (TPSA) is 46.6 Å². The van der Waals surface area contributed by atoms with Crippen LogP contribution in [0.1, 0.15) is 44.2 Å². The van der Waals surface area contributed by atoms with E-state index in [1.807, 2.05) is 18.2 Å². The first-order chi connectivity index (χ1) is 10.2. The zero-order valence-corrected chi connectivity index (χ0v) is 13.0. The molecule has 2 heterocycles. The van der Waals surface area contributed by atoms with Crippen molar-refractivity contribution in [2.45, 2.75) is 50.6 Å². The lowest BCUT2D eigenvalue weighted by Crippen LogP contribution is -2.51. The number of imidazole rings is 1. The Bertz CT molecular complexity index is 548. The fourth-order valence-corrected chi connectivity index (χ4v) is 3.60. The third-order valence-corrected chi connectivity index (χ3v) is 5.04. The number of hydrogen-bond acceptors (Lipinski definition) is 3. The van der Waals surface area contributed by atoms with Gasteiger partial charge >= 0.3 is 0 Å². The van der Waals surface area contributed by atoms with Crippen LogP contribution in [0.15, 0.2) is 30.6 Å². The number of likely N-dealkylation sites (N-methyl/N-ethyl adjacent to an activating group) is 1. The Balaban J connectivity index is 1.78. The van der Waals surface area contributed by atoms with Crippen molar-refractivity contribution in [1.29, 1.82) is 0 Å². The number of rotatable bonds is 4. The van der Waals surface area contributed by atoms with Gasteiger partial charge in [-0.3, -0.25) is 4.90 Å². The first-order valence-electron chi connectivity index (χ1n) is 8.07. The molecule has 0 radical (unpaired) electrons. The van der Waals surface area contributed by atoms with Gasteiger partial charge in [-0.1, -0.05) is 31.7 Å². The summed E-state index contributed by atoms with van der Waals surface area (Å²) < 4.78 is 2.09. The van der Waals surface area contributed by atoms with Gasteiger partial charge in [0.25, 0.3) is 0 Å². The summed E-state index contributed by atoms with van der Waals surface area (Å²) in [5, 5.41) is 0. The van der Waals surface area contributed by atoms with E-state index in [0.29, 0.717) is 0 Å². The summed E-state index contributed by atoms with van der Waals surface area (Å²) in [5.74, 6) is 0. The van der Waals surface area contributed by atoms with Gasteiger partial charge in [0.1, 0.15) is 5.65 Å². The van der Waals surface area contributed by atoms with Gasteiger partial charge in [-0.05, 0) is 32.0 Å². The van der Waals surface area contributed by atoms with E-state index < -0.39 is 0 Å². The van der Waals surface area contributed by atoms with Gasteiger partial charge in [0.2, 0.25) is 0 Å². The summed E-state index contributed by atoms with van der Waals surface area (Å²) in [5.41, 5.74) is 8.47. The number of nitrogens with two attached hydrogens (primary N) is 1. The minimum absolute atomic E-state index is 0.159. The molecule has 2 aromatic heterocycles. The van der Waals surface area contributed by atoms with E-state index in [-0.39, 0.29) is 5.54 Å². The van der Waals surface area contributed by atoms with Crippen LogP contribution in [0.5, 0.6) is 0 Å². The van der Waals surface area contributed by atoms with Crippen LogP contribution < -0.4 is 5.73 Å². The minimum atomic E-state index is 0.159. The first kappa shape index (κ1) is 14.5. The standard InChI is InChI=1S/C17H26N4/c1-20(17(14-18)9-5-2-3-6-10-17)12-15-13-21-11-7-4-8-16(21)19-15/h4,7-8,11,13H,2-3,5-6,9-10,12,14,18H2,1H3. The Morgan fingerprint density at radius 2 is 2.00 bits per heavy atom. The van der Waals surface area contributed by atoms with Crippen molar-refractivity contribution in [3.05, 3.63) is 36.3 Å². The van der Waals surface area contributed by atoms with Crippen molar-refractivity contribution in [3.63, 3.8) is 0 Å². The maximum atomic E-state index is 6.17. The van der Waals surface area contributed by atoms with Gasteiger partial charge in [0.15, 0.2) is 0 Å². The summed E-state index contributed by atoms with van der Waals surface area (Å²) >= 11 is 0. The van der Waals surface area contributed by atoms with E-state index in [4.69, 9.17) is 10.7 Å². The van der Waals surface area contributed by atoms with Gasteiger partial charge in [-0.15, -0.1) is 0 Å². The Morgan fingerprint density at radius 3 is 2.67 bits per heavy atom. The summed E-state index contributed by atoms with van der Waals surface area (Å²) in [6.07, 6.45) is 11.9. The molecule has 0 spiro atoms. The Morgan fingerprint density at radius 1 is 1.24 bits per heavy atom. The lowest BCUT2D eigenvalue weighted by Gasteiger charge is -2.40. The molecular weight excluding hydrogens is 260 g/mol. The maximum absolute atomic E-state index is 6.17. The largest absolute Gasteiger partial charge is 0.329 e. The zero-order chi connectivity index (χ0) is 14.7. The average molecular weight is 286 g/mol. The van der Waals surface area contributed by atoms with Crippen LogP contribution in [0.25, 0.3) is 5.65 Å². The second-order valence-corrected chi connectivity index (χ2v) is 6.40. The molecule has 114 valence electrons. The van der Waals surface area contributed by atoms with E-state index in [0.717, 1.165) is 24.4 Å². The molecule has 1 aliphatic rings. The smallest absolute Gasteiger partial charge is 0.137 e. The van der Waals surface area contributed by atoms with Gasteiger partial charge < -0.3 is 10.1 Å². The number of nitrogens with zero attached hydrogens (tertiary/aromatic N) is 3. The van der Waals surface area contributed by atoms with Gasteiger partial charge in [0.05, 0.1) is 5.69 Å². The van der Waals surface area contributed by atoms with Crippen LogP contribution >= 0.6 is 0 Å². The van der Waals surface area contributed by atoms with Crippen molar-refractivity contribution in [2.75, 3.05) is 13.6 Å². The van der Waals surface area contributed by atoms with Crippen molar-refractivity contribution >= 4 is 5.65 Å². The molecule has 0 atom stereocenters. The lowest BCUT2D eigenvalue weighted by atomic mass is 9.88. The molecule has 4 heteroatoms. The van der Waals surface area contributed by atoms with E-state index in [1.54, 1.807) is 0 Å². The highest BCUT2D eigenvalue weighted by Gasteiger charge is 2.33. The summed E-state index contributed by atoms with van der Waals surface area (Å²) in [6.45, 7) is 1.62. The van der Waals surface area contributed by atoms with Crippen molar-refractivity contribution in [1.82, 2.24) is 14.3 Å². The van der Waals surface area contributed by atoms with Crippen LogP contribution in [-0.2, 0) is 6.54 Å². The highest BCUT2D eigenvalue weighted by molar-refractivity contribution is 5.39. The van der Waals surface area contributed by atoms with Gasteiger partial charge in [0, 0.05) is 31.0 Å². The van der Waals surface area contributed by atoms with Crippen LogP contribution in [0, 0.1) is 0 Å². The SMILES string of the molecule is CN(Cc1cn2ccccc2n1)C1(CN)CCCCCC1. The van der Waals surface area contributed by atoms with Crippen molar-refractivity contribution < 1.29 is 0 Å². The second-order valence-electron chi connectivity index (χ2n) is 6.40. The molecule has 3 rings (SSSR count). The first-order valence-corrected chi connectivity index (χ1v) is 8.07. The molecule has 2 N–H and O–H groups in total. The van der Waals surface area contributed by atoms with E-state index >= 15 is 0 Å². The number of hydrogen-bond donors (Lipinski definition) is 1. The molecular formula is C17H26N4. The third kappa shape index (κ3) is 2.97. The molecule has 4 nitrogen and oxygen atoms in total. The van der Waals surface area contributed by atoms with Crippen LogP contribution in [-0.4, -0.2) is 33.4 Å². The second kappa shape index (κ2) is 6.16. The number of aromatic nitrogens is 2. The molecule has 1 saturated carbocycles. The zero-order valence-electron chi connectivity index (χ0n) is 13.0. The fraction of sp³-hybridized carbons (Fsp3) is 0.588. The Kier molecular flexibility index (Phi) is 4.27. The predicted molar refractivity (Wildman–Crippen MR) is 86.1 cm³/mol. The molecule has 0 amide bonds. The quantitative estimate of drug-likeness (QED) is 0.879. The highest BCUT2D eigenvalue weighted by Crippen LogP contribution is 2.31.